The summed E-state index contributed by atoms with van der Waals surface area (Å²) in [5.41, 5.74) is 0.876. The molecule has 1 rings (SSSR count). The van der Waals surface area contributed by atoms with Crippen molar-refractivity contribution in [3.8, 4) is 0 Å². The molecule has 0 aromatic heterocycles. The van der Waals surface area contributed by atoms with E-state index in [1.54, 1.807) is 6.92 Å². The van der Waals surface area contributed by atoms with Gasteiger partial charge in [-0.05, 0) is 19.1 Å². The quantitative estimate of drug-likeness (QED) is 0.527. The van der Waals surface area contributed by atoms with Gasteiger partial charge >= 0.3 is 12.1 Å². The Bertz CT molecular complexity index is 489. The van der Waals surface area contributed by atoms with E-state index in [1.165, 1.54) is 18.2 Å². The first kappa shape index (κ1) is 15.3. The zero-order valence-corrected chi connectivity index (χ0v) is 10.5. The van der Waals surface area contributed by atoms with Crippen molar-refractivity contribution in [1.82, 2.24) is 0 Å². The van der Waals surface area contributed by atoms with Gasteiger partial charge in [0.15, 0.2) is 0 Å². The molecule has 0 fully saturated rings. The average molecular weight is 295 g/mol. The van der Waals surface area contributed by atoms with E-state index in [4.69, 9.17) is 11.6 Å². The molecule has 1 aromatic rings. The lowest BCUT2D eigenvalue weighted by Gasteiger charge is -2.11. The highest BCUT2D eigenvalue weighted by atomic mass is 35.5. The minimum atomic E-state index is -4.53. The number of esters is 1. The lowest BCUT2D eigenvalue weighted by molar-refractivity contribution is -0.137. The third kappa shape index (κ3) is 4.44. The number of anilines is 1. The van der Waals surface area contributed by atoms with Gasteiger partial charge in [0.25, 0.3) is 0 Å². The largest absolute Gasteiger partial charge is 0.461 e. The minimum Gasteiger partial charge on any atom is -0.461 e. The SMILES string of the molecule is CCOC(=O)C(Cl)=NNc1ccccc1C(F)(F)F. The van der Waals surface area contributed by atoms with E-state index in [0.29, 0.717) is 0 Å². The number of rotatable bonds is 4. The number of ether oxygens (including phenoxy) is 1. The van der Waals surface area contributed by atoms with Crippen LogP contribution < -0.4 is 5.43 Å². The molecular weight excluding hydrogens is 285 g/mol. The summed E-state index contributed by atoms with van der Waals surface area (Å²) in [5, 5.41) is 2.76. The van der Waals surface area contributed by atoms with Crippen molar-refractivity contribution in [2.45, 2.75) is 13.1 Å². The second-order valence-corrected chi connectivity index (χ2v) is 3.64. The molecule has 0 unspecified atom stereocenters. The van der Waals surface area contributed by atoms with Crippen LogP contribution in [0.1, 0.15) is 12.5 Å². The van der Waals surface area contributed by atoms with Crippen LogP contribution in [0.25, 0.3) is 0 Å². The molecule has 0 heterocycles. The first-order chi connectivity index (χ1) is 8.86. The molecule has 0 amide bonds. The maximum Gasteiger partial charge on any atom is 0.418 e. The van der Waals surface area contributed by atoms with Crippen LogP contribution in [0.15, 0.2) is 29.4 Å². The van der Waals surface area contributed by atoms with Crippen molar-refractivity contribution in [3.63, 3.8) is 0 Å². The Kier molecular flexibility index (Phi) is 5.17. The maximum absolute atomic E-state index is 12.6. The van der Waals surface area contributed by atoms with E-state index in [-0.39, 0.29) is 12.3 Å². The van der Waals surface area contributed by atoms with Crippen molar-refractivity contribution in [2.75, 3.05) is 12.0 Å². The highest BCUT2D eigenvalue weighted by Crippen LogP contribution is 2.34. The molecule has 0 atom stereocenters. The molecule has 104 valence electrons. The Labute approximate surface area is 112 Å². The van der Waals surface area contributed by atoms with Gasteiger partial charge in [-0.3, -0.25) is 5.43 Å². The van der Waals surface area contributed by atoms with Crippen LogP contribution in [0, 0.1) is 0 Å². The average Bonchev–Trinajstić information content (AvgIpc) is 2.35. The Morgan fingerprint density at radius 2 is 2.05 bits per heavy atom. The minimum absolute atomic E-state index is 0.0870. The number of nitrogens with one attached hydrogen (secondary N) is 1. The molecule has 1 aromatic carbocycles. The van der Waals surface area contributed by atoms with Gasteiger partial charge in [0.2, 0.25) is 5.17 Å². The molecule has 1 N–H and O–H groups in total. The summed E-state index contributed by atoms with van der Waals surface area (Å²) in [5.74, 6) is -0.916. The fourth-order valence-electron chi connectivity index (χ4n) is 1.17. The van der Waals surface area contributed by atoms with Crippen molar-refractivity contribution in [1.29, 1.82) is 0 Å². The van der Waals surface area contributed by atoms with E-state index < -0.39 is 22.9 Å². The normalized spacial score (nSPS) is 12.2. The van der Waals surface area contributed by atoms with Crippen molar-refractivity contribution in [2.24, 2.45) is 5.10 Å². The summed E-state index contributed by atoms with van der Waals surface area (Å²) in [7, 11) is 0. The molecule has 0 aliphatic heterocycles. The van der Waals surface area contributed by atoms with Crippen molar-refractivity contribution >= 4 is 28.4 Å². The Morgan fingerprint density at radius 3 is 2.63 bits per heavy atom. The van der Waals surface area contributed by atoms with E-state index in [9.17, 15) is 18.0 Å². The van der Waals surface area contributed by atoms with Gasteiger partial charge < -0.3 is 4.74 Å². The predicted molar refractivity (Wildman–Crippen MR) is 65.0 cm³/mol. The molecule has 4 nitrogen and oxygen atoms in total. The predicted octanol–water partition coefficient (Wildman–Crippen LogP) is 3.23. The number of hydrogen-bond donors (Lipinski definition) is 1. The molecule has 8 heteroatoms. The van der Waals surface area contributed by atoms with Crippen LogP contribution >= 0.6 is 11.6 Å². The fourth-order valence-corrected chi connectivity index (χ4v) is 1.27. The zero-order chi connectivity index (χ0) is 14.5. The first-order valence-electron chi connectivity index (χ1n) is 5.18. The highest BCUT2D eigenvalue weighted by Gasteiger charge is 2.33. The third-order valence-corrected chi connectivity index (χ3v) is 2.19. The third-order valence-electron chi connectivity index (χ3n) is 1.95. The number of benzene rings is 1. The van der Waals surface area contributed by atoms with E-state index >= 15 is 0 Å². The molecule has 0 aliphatic rings. The van der Waals surface area contributed by atoms with Crippen LogP contribution in [-0.2, 0) is 15.7 Å². The summed E-state index contributed by atoms with van der Waals surface area (Å²) in [6, 6.07) is 4.69. The maximum atomic E-state index is 12.6. The van der Waals surface area contributed by atoms with Crippen LogP contribution in [0.3, 0.4) is 0 Å². The standard InChI is InChI=1S/C11H10ClF3N2O2/c1-2-19-10(18)9(12)17-16-8-6-4-3-5-7(8)11(13,14)15/h3-6,16H,2H2,1H3. The topological polar surface area (TPSA) is 50.7 Å². The lowest BCUT2D eigenvalue weighted by atomic mass is 10.2. The molecule has 0 aliphatic carbocycles. The number of para-hydroxylation sites is 1. The van der Waals surface area contributed by atoms with Crippen LogP contribution in [-0.4, -0.2) is 17.7 Å². The van der Waals surface area contributed by atoms with Crippen LogP contribution in [0.2, 0.25) is 0 Å². The van der Waals surface area contributed by atoms with Gasteiger partial charge in [-0.1, -0.05) is 23.7 Å². The van der Waals surface area contributed by atoms with Crippen molar-refractivity contribution < 1.29 is 22.7 Å². The smallest absolute Gasteiger partial charge is 0.418 e. The molecule has 0 bridgehead atoms. The lowest BCUT2D eigenvalue weighted by Crippen LogP contribution is -2.14. The molecule has 19 heavy (non-hydrogen) atoms. The van der Waals surface area contributed by atoms with Crippen molar-refractivity contribution in [3.05, 3.63) is 29.8 Å². The summed E-state index contributed by atoms with van der Waals surface area (Å²) < 4.78 is 42.4. The molecule has 0 saturated heterocycles. The number of hydrazone groups is 1. The fraction of sp³-hybridized carbons (Fsp3) is 0.273. The molecule has 0 spiro atoms. The Hall–Kier alpha value is -1.76. The van der Waals surface area contributed by atoms with E-state index in [0.717, 1.165) is 6.07 Å². The first-order valence-corrected chi connectivity index (χ1v) is 5.56. The summed E-state index contributed by atoms with van der Waals surface area (Å²) in [6.07, 6.45) is -4.53. The molecule has 0 radical (unpaired) electrons. The number of hydrogen-bond acceptors (Lipinski definition) is 4. The second-order valence-electron chi connectivity index (χ2n) is 3.28. The molecule has 0 saturated carbocycles. The summed E-state index contributed by atoms with van der Waals surface area (Å²) in [6.45, 7) is 1.65. The molecular formula is C11H10ClF3N2O2. The summed E-state index contributed by atoms with van der Waals surface area (Å²) >= 11 is 5.46. The van der Waals surface area contributed by atoms with Gasteiger partial charge in [-0.15, -0.1) is 0 Å². The van der Waals surface area contributed by atoms with Gasteiger partial charge in [-0.2, -0.15) is 18.3 Å². The summed E-state index contributed by atoms with van der Waals surface area (Å²) in [4.78, 5) is 11.1. The highest BCUT2D eigenvalue weighted by molar-refractivity contribution is 6.82. The van der Waals surface area contributed by atoms with E-state index in [2.05, 4.69) is 15.3 Å². The number of nitrogens with zero attached hydrogens (tertiary/aromatic N) is 1. The monoisotopic (exact) mass is 294 g/mol. The Morgan fingerprint density at radius 1 is 1.42 bits per heavy atom. The Balaban J connectivity index is 2.89. The second kappa shape index (κ2) is 6.42. The number of halogens is 4. The number of carbonyl (C=O) groups is 1. The van der Waals surface area contributed by atoms with Gasteiger partial charge in [0.1, 0.15) is 0 Å². The number of alkyl halides is 3. The van der Waals surface area contributed by atoms with Crippen LogP contribution in [0.5, 0.6) is 0 Å². The number of carbonyl (C=O) groups excluding carboxylic acids is 1. The van der Waals surface area contributed by atoms with Gasteiger partial charge in [0.05, 0.1) is 17.9 Å². The van der Waals surface area contributed by atoms with Gasteiger partial charge in [0, 0.05) is 0 Å². The van der Waals surface area contributed by atoms with E-state index in [1.807, 2.05) is 0 Å². The van der Waals surface area contributed by atoms with Crippen LogP contribution in [0.4, 0.5) is 18.9 Å². The zero-order valence-electron chi connectivity index (χ0n) is 9.79. The van der Waals surface area contributed by atoms with Gasteiger partial charge in [-0.25, -0.2) is 4.79 Å².